The third-order valence-electron chi connectivity index (χ3n) is 4.52. The SMILES string of the molecule is CC(C)c1ccc(C2(C(=O)O)CCCC2C)cc1. The Morgan fingerprint density at radius 2 is 1.94 bits per heavy atom. The van der Waals surface area contributed by atoms with Crippen molar-refractivity contribution in [1.29, 1.82) is 0 Å². The van der Waals surface area contributed by atoms with Gasteiger partial charge in [-0.25, -0.2) is 0 Å². The van der Waals surface area contributed by atoms with Crippen LogP contribution in [-0.4, -0.2) is 11.1 Å². The van der Waals surface area contributed by atoms with Gasteiger partial charge in [0.05, 0.1) is 5.41 Å². The van der Waals surface area contributed by atoms with Gasteiger partial charge < -0.3 is 5.11 Å². The minimum Gasteiger partial charge on any atom is -0.481 e. The molecule has 2 rings (SSSR count). The minimum atomic E-state index is -0.662. The maximum atomic E-state index is 11.8. The molecule has 2 heteroatoms. The van der Waals surface area contributed by atoms with Gasteiger partial charge in [0.25, 0.3) is 0 Å². The van der Waals surface area contributed by atoms with Crippen molar-refractivity contribution in [3.8, 4) is 0 Å². The number of carboxylic acid groups (broad SMARTS) is 1. The predicted molar refractivity (Wildman–Crippen MR) is 72.9 cm³/mol. The summed E-state index contributed by atoms with van der Waals surface area (Å²) in [6.45, 7) is 6.37. The smallest absolute Gasteiger partial charge is 0.314 e. The van der Waals surface area contributed by atoms with Crippen LogP contribution < -0.4 is 0 Å². The molecule has 98 valence electrons. The topological polar surface area (TPSA) is 37.3 Å². The molecule has 1 aliphatic carbocycles. The molecule has 0 aromatic heterocycles. The fraction of sp³-hybridized carbons (Fsp3) is 0.562. The van der Waals surface area contributed by atoms with Crippen LogP contribution in [0.3, 0.4) is 0 Å². The van der Waals surface area contributed by atoms with Crippen molar-refractivity contribution < 1.29 is 9.90 Å². The van der Waals surface area contributed by atoms with Gasteiger partial charge in [-0.15, -0.1) is 0 Å². The summed E-state index contributed by atoms with van der Waals surface area (Å²) >= 11 is 0. The van der Waals surface area contributed by atoms with Gasteiger partial charge in [0.15, 0.2) is 0 Å². The van der Waals surface area contributed by atoms with Crippen LogP contribution in [0.25, 0.3) is 0 Å². The van der Waals surface area contributed by atoms with Gasteiger partial charge in [-0.3, -0.25) is 4.79 Å². The largest absolute Gasteiger partial charge is 0.481 e. The fourth-order valence-corrected chi connectivity index (χ4v) is 3.22. The quantitative estimate of drug-likeness (QED) is 0.876. The number of rotatable bonds is 3. The van der Waals surface area contributed by atoms with Gasteiger partial charge in [-0.2, -0.15) is 0 Å². The maximum absolute atomic E-state index is 11.8. The fourth-order valence-electron chi connectivity index (χ4n) is 3.22. The summed E-state index contributed by atoms with van der Waals surface area (Å²) in [5, 5.41) is 9.67. The van der Waals surface area contributed by atoms with Crippen LogP contribution in [0, 0.1) is 5.92 Å². The van der Waals surface area contributed by atoms with E-state index in [9.17, 15) is 9.90 Å². The van der Waals surface area contributed by atoms with E-state index >= 15 is 0 Å². The van der Waals surface area contributed by atoms with E-state index in [0.29, 0.717) is 5.92 Å². The molecule has 2 unspecified atom stereocenters. The maximum Gasteiger partial charge on any atom is 0.314 e. The molecule has 0 amide bonds. The summed E-state index contributed by atoms with van der Waals surface area (Å²) in [4.78, 5) is 11.8. The molecule has 0 heterocycles. The molecular weight excluding hydrogens is 224 g/mol. The minimum absolute atomic E-state index is 0.222. The zero-order chi connectivity index (χ0) is 13.3. The standard InChI is InChI=1S/C16H22O2/c1-11(2)13-6-8-14(9-7-13)16(15(17)18)10-4-5-12(16)3/h6-9,11-12H,4-5,10H2,1-3H3,(H,17,18). The summed E-state index contributed by atoms with van der Waals surface area (Å²) in [5.74, 6) is 0.0468. The number of aliphatic carboxylic acids is 1. The summed E-state index contributed by atoms with van der Waals surface area (Å²) < 4.78 is 0. The van der Waals surface area contributed by atoms with Crippen LogP contribution in [0.1, 0.15) is 57.1 Å². The van der Waals surface area contributed by atoms with Gasteiger partial charge in [0.2, 0.25) is 0 Å². The molecule has 1 saturated carbocycles. The zero-order valence-electron chi connectivity index (χ0n) is 11.4. The summed E-state index contributed by atoms with van der Waals surface area (Å²) in [6.07, 6.45) is 2.79. The third-order valence-corrected chi connectivity index (χ3v) is 4.52. The highest BCUT2D eigenvalue weighted by Crippen LogP contribution is 2.45. The highest BCUT2D eigenvalue weighted by atomic mass is 16.4. The van der Waals surface area contributed by atoms with Crippen molar-refractivity contribution in [3.05, 3.63) is 35.4 Å². The highest BCUT2D eigenvalue weighted by Gasteiger charge is 2.48. The first-order valence-electron chi connectivity index (χ1n) is 6.82. The molecule has 1 aromatic carbocycles. The van der Waals surface area contributed by atoms with E-state index in [2.05, 4.69) is 32.9 Å². The van der Waals surface area contributed by atoms with Crippen LogP contribution >= 0.6 is 0 Å². The Labute approximate surface area is 109 Å². The van der Waals surface area contributed by atoms with Gasteiger partial charge in [0.1, 0.15) is 0 Å². The lowest BCUT2D eigenvalue weighted by molar-refractivity contribution is -0.145. The number of benzene rings is 1. The average molecular weight is 246 g/mol. The lowest BCUT2D eigenvalue weighted by Crippen LogP contribution is -2.38. The number of carboxylic acids is 1. The number of hydrogen-bond donors (Lipinski definition) is 1. The van der Waals surface area contributed by atoms with E-state index in [0.717, 1.165) is 24.8 Å². The average Bonchev–Trinajstić information content (AvgIpc) is 2.72. The first kappa shape index (κ1) is 13.1. The molecule has 2 nitrogen and oxygen atoms in total. The van der Waals surface area contributed by atoms with Gasteiger partial charge in [0, 0.05) is 0 Å². The van der Waals surface area contributed by atoms with Crippen molar-refractivity contribution in [2.24, 2.45) is 5.92 Å². The van der Waals surface area contributed by atoms with E-state index in [1.165, 1.54) is 5.56 Å². The van der Waals surface area contributed by atoms with Crippen molar-refractivity contribution in [1.82, 2.24) is 0 Å². The van der Waals surface area contributed by atoms with Crippen LogP contribution in [0.4, 0.5) is 0 Å². The van der Waals surface area contributed by atoms with Gasteiger partial charge >= 0.3 is 5.97 Å². The molecule has 1 aromatic rings. The van der Waals surface area contributed by atoms with Gasteiger partial charge in [-0.1, -0.05) is 51.5 Å². The van der Waals surface area contributed by atoms with E-state index in [1.54, 1.807) is 0 Å². The van der Waals surface area contributed by atoms with E-state index in [-0.39, 0.29) is 5.92 Å². The van der Waals surface area contributed by atoms with Crippen molar-refractivity contribution in [2.75, 3.05) is 0 Å². The Hall–Kier alpha value is -1.31. The summed E-state index contributed by atoms with van der Waals surface area (Å²) in [6, 6.07) is 8.20. The van der Waals surface area contributed by atoms with Crippen molar-refractivity contribution >= 4 is 5.97 Å². The highest BCUT2D eigenvalue weighted by molar-refractivity contribution is 5.82. The molecule has 0 spiro atoms. The Bertz CT molecular complexity index is 433. The van der Waals surface area contributed by atoms with E-state index in [1.807, 2.05) is 12.1 Å². The summed E-state index contributed by atoms with van der Waals surface area (Å²) in [5.41, 5.74) is 1.59. The molecular formula is C16H22O2. The van der Waals surface area contributed by atoms with E-state index in [4.69, 9.17) is 0 Å². The second-order valence-corrected chi connectivity index (χ2v) is 5.85. The van der Waals surface area contributed by atoms with Crippen molar-refractivity contribution in [3.63, 3.8) is 0 Å². The molecule has 2 atom stereocenters. The van der Waals surface area contributed by atoms with Crippen LogP contribution in [0.2, 0.25) is 0 Å². The second kappa shape index (κ2) is 4.75. The Kier molecular flexibility index (Phi) is 3.47. The Balaban J connectivity index is 2.41. The first-order valence-corrected chi connectivity index (χ1v) is 6.82. The normalized spacial score (nSPS) is 27.7. The summed E-state index contributed by atoms with van der Waals surface area (Å²) in [7, 11) is 0. The molecule has 0 saturated heterocycles. The van der Waals surface area contributed by atoms with E-state index < -0.39 is 11.4 Å². The molecule has 1 fully saturated rings. The van der Waals surface area contributed by atoms with Gasteiger partial charge in [-0.05, 0) is 35.8 Å². The third kappa shape index (κ3) is 1.94. The predicted octanol–water partition coefficient (Wildman–Crippen LogP) is 3.95. The molecule has 0 bridgehead atoms. The van der Waals surface area contributed by atoms with Crippen molar-refractivity contribution in [2.45, 2.75) is 51.4 Å². The zero-order valence-corrected chi connectivity index (χ0v) is 11.4. The molecule has 18 heavy (non-hydrogen) atoms. The van der Waals surface area contributed by atoms with Crippen LogP contribution in [-0.2, 0) is 10.2 Å². The Morgan fingerprint density at radius 1 is 1.33 bits per heavy atom. The lowest BCUT2D eigenvalue weighted by Gasteiger charge is -2.30. The monoisotopic (exact) mass is 246 g/mol. The molecule has 0 aliphatic heterocycles. The molecule has 1 aliphatic rings. The molecule has 0 radical (unpaired) electrons. The lowest BCUT2D eigenvalue weighted by atomic mass is 9.72. The first-order chi connectivity index (χ1) is 8.48. The Morgan fingerprint density at radius 3 is 2.33 bits per heavy atom. The molecule has 1 N–H and O–H groups in total. The van der Waals surface area contributed by atoms with Crippen LogP contribution in [0.5, 0.6) is 0 Å². The van der Waals surface area contributed by atoms with Crippen LogP contribution in [0.15, 0.2) is 24.3 Å². The number of carbonyl (C=O) groups is 1. The second-order valence-electron chi connectivity index (χ2n) is 5.85. The number of hydrogen-bond acceptors (Lipinski definition) is 1.